The van der Waals surface area contributed by atoms with Gasteiger partial charge in [-0.3, -0.25) is 0 Å². The highest BCUT2D eigenvalue weighted by Crippen LogP contribution is 2.15. The number of allylic oxidation sites excluding steroid dienone is 2. The van der Waals surface area contributed by atoms with Crippen molar-refractivity contribution in [1.82, 2.24) is 0 Å². The largest absolute Gasteiger partial charge is 0.305 e. The first-order valence-electron chi connectivity index (χ1n) is 2.80. The number of hydrogen-bond donors (Lipinski definition) is 1. The van der Waals surface area contributed by atoms with Crippen molar-refractivity contribution in [3.8, 4) is 0 Å². The molecule has 0 fully saturated rings. The van der Waals surface area contributed by atoms with Crippen LogP contribution in [0.1, 0.15) is 12.8 Å². The van der Waals surface area contributed by atoms with Crippen LogP contribution in [0.25, 0.3) is 0 Å². The molecule has 0 bridgehead atoms. The first-order chi connectivity index (χ1) is 3.79. The molecule has 1 unspecified atom stereocenters. The molecule has 0 saturated heterocycles. The van der Waals surface area contributed by atoms with Gasteiger partial charge < -0.3 is 5.41 Å². The summed E-state index contributed by atoms with van der Waals surface area (Å²) in [5.41, 5.74) is 0.701. The lowest BCUT2D eigenvalue weighted by molar-refractivity contribution is 0.871. The maximum absolute atomic E-state index is 7.14. The Bertz CT molecular complexity index is 128. The van der Waals surface area contributed by atoms with Crippen LogP contribution in [-0.2, 0) is 0 Å². The first kappa shape index (κ1) is 5.61. The van der Waals surface area contributed by atoms with Crippen LogP contribution in [0, 0.1) is 5.41 Å². The molecule has 0 saturated carbocycles. The quantitative estimate of drug-likeness (QED) is 0.449. The molecule has 1 N–H and O–H groups in total. The molecule has 8 heavy (non-hydrogen) atoms. The van der Waals surface area contributed by atoms with E-state index in [0.717, 1.165) is 12.8 Å². The minimum atomic E-state index is 0.198. The van der Waals surface area contributed by atoms with Gasteiger partial charge in [0, 0.05) is 5.71 Å². The van der Waals surface area contributed by atoms with Crippen molar-refractivity contribution in [2.45, 2.75) is 18.7 Å². The van der Waals surface area contributed by atoms with Crippen molar-refractivity contribution >= 4 is 13.6 Å². The van der Waals surface area contributed by atoms with Crippen LogP contribution < -0.4 is 0 Å². The zero-order valence-corrected chi connectivity index (χ0v) is 4.72. The molecule has 2 heteroatoms. The SMILES string of the molecule is [B]C1C=CC(=N)CC1. The van der Waals surface area contributed by atoms with Gasteiger partial charge >= 0.3 is 0 Å². The lowest BCUT2D eigenvalue weighted by Gasteiger charge is -2.10. The molecule has 0 heterocycles. The Balaban J connectivity index is 2.55. The third kappa shape index (κ3) is 1.22. The molecule has 1 nitrogen and oxygen atoms in total. The predicted octanol–water partition coefficient (Wildman–Crippen LogP) is 1.31. The molecule has 1 rings (SSSR count). The highest BCUT2D eigenvalue weighted by atomic mass is 14.4. The summed E-state index contributed by atoms with van der Waals surface area (Å²) in [6.45, 7) is 0. The maximum atomic E-state index is 7.14. The lowest BCUT2D eigenvalue weighted by Crippen LogP contribution is -2.01. The van der Waals surface area contributed by atoms with Gasteiger partial charge in [0.05, 0.1) is 7.85 Å². The van der Waals surface area contributed by atoms with E-state index in [4.69, 9.17) is 13.3 Å². The van der Waals surface area contributed by atoms with Crippen molar-refractivity contribution < 1.29 is 0 Å². The fourth-order valence-electron chi connectivity index (χ4n) is 0.741. The van der Waals surface area contributed by atoms with Crippen LogP contribution in [0.2, 0.25) is 5.82 Å². The molecule has 1 aliphatic rings. The molecule has 0 spiro atoms. The average molecular weight is 105 g/mol. The van der Waals surface area contributed by atoms with Crippen molar-refractivity contribution in [2.75, 3.05) is 0 Å². The summed E-state index contributed by atoms with van der Waals surface area (Å²) in [7, 11) is 5.51. The van der Waals surface area contributed by atoms with Crippen LogP contribution >= 0.6 is 0 Å². The van der Waals surface area contributed by atoms with Crippen LogP contribution in [0.4, 0.5) is 0 Å². The van der Waals surface area contributed by atoms with Gasteiger partial charge in [0.15, 0.2) is 0 Å². The van der Waals surface area contributed by atoms with Crippen LogP contribution in [0.5, 0.6) is 0 Å². The second-order valence-corrected chi connectivity index (χ2v) is 2.09. The van der Waals surface area contributed by atoms with Crippen molar-refractivity contribution in [3.63, 3.8) is 0 Å². The molecule has 0 aromatic rings. The molecule has 0 amide bonds. The first-order valence-corrected chi connectivity index (χ1v) is 2.80. The second kappa shape index (κ2) is 2.16. The number of hydrogen-bond acceptors (Lipinski definition) is 1. The minimum Gasteiger partial charge on any atom is -0.305 e. The fourth-order valence-corrected chi connectivity index (χ4v) is 0.741. The van der Waals surface area contributed by atoms with Gasteiger partial charge in [0.2, 0.25) is 0 Å². The van der Waals surface area contributed by atoms with Gasteiger partial charge in [0.1, 0.15) is 0 Å². The minimum absolute atomic E-state index is 0.198. The third-order valence-electron chi connectivity index (χ3n) is 1.29. The summed E-state index contributed by atoms with van der Waals surface area (Å²) in [6.07, 6.45) is 5.45. The van der Waals surface area contributed by atoms with Gasteiger partial charge in [0.25, 0.3) is 0 Å². The van der Waals surface area contributed by atoms with E-state index in [1.165, 1.54) is 0 Å². The Labute approximate surface area is 50.7 Å². The molecule has 2 radical (unpaired) electrons. The topological polar surface area (TPSA) is 23.9 Å². The van der Waals surface area contributed by atoms with Gasteiger partial charge in [-0.25, -0.2) is 0 Å². The monoisotopic (exact) mass is 105 g/mol. The Morgan fingerprint density at radius 1 is 1.75 bits per heavy atom. The van der Waals surface area contributed by atoms with Crippen molar-refractivity contribution in [2.24, 2.45) is 0 Å². The molecule has 1 aliphatic carbocycles. The van der Waals surface area contributed by atoms with E-state index in [1.54, 1.807) is 6.08 Å². The van der Waals surface area contributed by atoms with E-state index >= 15 is 0 Å². The predicted molar refractivity (Wildman–Crippen MR) is 35.6 cm³/mol. The molecular weight excluding hydrogens is 96.9 g/mol. The van der Waals surface area contributed by atoms with Gasteiger partial charge in [-0.1, -0.05) is 11.9 Å². The van der Waals surface area contributed by atoms with Crippen molar-refractivity contribution in [3.05, 3.63) is 12.2 Å². The highest BCUT2D eigenvalue weighted by Gasteiger charge is 2.03. The van der Waals surface area contributed by atoms with Crippen molar-refractivity contribution in [1.29, 1.82) is 5.41 Å². The summed E-state index contributed by atoms with van der Waals surface area (Å²) in [6, 6.07) is 0. The summed E-state index contributed by atoms with van der Waals surface area (Å²) >= 11 is 0. The molecule has 1 atom stereocenters. The number of nitrogens with one attached hydrogen (secondary N) is 1. The molecule has 0 aromatic carbocycles. The molecule has 0 aliphatic heterocycles. The Morgan fingerprint density at radius 3 is 2.88 bits per heavy atom. The van der Waals surface area contributed by atoms with E-state index in [2.05, 4.69) is 0 Å². The maximum Gasteiger partial charge on any atom is 0.0755 e. The Kier molecular flexibility index (Phi) is 1.52. The van der Waals surface area contributed by atoms with E-state index in [9.17, 15) is 0 Å². The van der Waals surface area contributed by atoms with E-state index in [-0.39, 0.29) is 5.82 Å². The average Bonchev–Trinajstić information content (AvgIpc) is 1.77. The Hall–Kier alpha value is -0.525. The standard InChI is InChI=1S/C6H8BN/c7-5-1-3-6(8)4-2-5/h1,3,5,8H,2,4H2. The lowest BCUT2D eigenvalue weighted by atomic mass is 9.79. The van der Waals surface area contributed by atoms with Gasteiger partial charge in [-0.05, 0) is 18.9 Å². The summed E-state index contributed by atoms with van der Waals surface area (Å²) in [4.78, 5) is 0. The molecule has 40 valence electrons. The normalized spacial score (nSPS) is 28.5. The third-order valence-corrected chi connectivity index (χ3v) is 1.29. The smallest absolute Gasteiger partial charge is 0.0755 e. The fraction of sp³-hybridized carbons (Fsp3) is 0.500. The van der Waals surface area contributed by atoms with Crippen LogP contribution in [-0.4, -0.2) is 13.6 Å². The van der Waals surface area contributed by atoms with Crippen LogP contribution in [0.15, 0.2) is 12.2 Å². The van der Waals surface area contributed by atoms with Gasteiger partial charge in [-0.2, -0.15) is 0 Å². The van der Waals surface area contributed by atoms with E-state index in [0.29, 0.717) is 5.71 Å². The zero-order chi connectivity index (χ0) is 5.98. The summed E-state index contributed by atoms with van der Waals surface area (Å²) in [5, 5.41) is 7.14. The second-order valence-electron chi connectivity index (χ2n) is 2.09. The summed E-state index contributed by atoms with van der Waals surface area (Å²) < 4.78 is 0. The summed E-state index contributed by atoms with van der Waals surface area (Å²) in [5.74, 6) is 0.198. The number of rotatable bonds is 0. The van der Waals surface area contributed by atoms with E-state index in [1.807, 2.05) is 6.08 Å². The Morgan fingerprint density at radius 2 is 2.50 bits per heavy atom. The van der Waals surface area contributed by atoms with Gasteiger partial charge in [-0.15, -0.1) is 0 Å². The zero-order valence-electron chi connectivity index (χ0n) is 4.72. The van der Waals surface area contributed by atoms with E-state index < -0.39 is 0 Å². The van der Waals surface area contributed by atoms with Crippen LogP contribution in [0.3, 0.4) is 0 Å². The molecule has 0 aromatic heterocycles. The highest BCUT2D eigenvalue weighted by molar-refractivity contribution is 6.14. The molecular formula is C6H8BN.